The number of aliphatic hydroxyl groups is 3. The maximum Gasteiger partial charge on any atom is 0.334 e. The van der Waals surface area contributed by atoms with Gasteiger partial charge < -0.3 is 34.3 Å². The minimum atomic E-state index is -2.49. The van der Waals surface area contributed by atoms with Gasteiger partial charge in [0.15, 0.2) is 5.60 Å². The van der Waals surface area contributed by atoms with Crippen LogP contribution >= 0.6 is 0 Å². The molecule has 2 spiro atoms. The largest absolute Gasteiger partial charge is 0.454 e. The first-order valence-corrected chi connectivity index (χ1v) is 14.2. The molecule has 218 valence electrons. The maximum atomic E-state index is 14.4. The lowest BCUT2D eigenvalue weighted by Gasteiger charge is -2.42. The third-order valence-corrected chi connectivity index (χ3v) is 11.6. The number of cyclic esters (lactones) is 1. The zero-order valence-corrected chi connectivity index (χ0v) is 23.3. The molecule has 11 nitrogen and oxygen atoms in total. The number of aliphatic hydroxyl groups excluding tert-OH is 1. The van der Waals surface area contributed by atoms with Crippen molar-refractivity contribution in [2.75, 3.05) is 0 Å². The second kappa shape index (κ2) is 7.42. The molecule has 2 aliphatic carbocycles. The lowest BCUT2D eigenvalue weighted by Crippen LogP contribution is -2.56. The predicted molar refractivity (Wildman–Crippen MR) is 132 cm³/mol. The van der Waals surface area contributed by atoms with Crippen LogP contribution in [0, 0.1) is 35.0 Å². The van der Waals surface area contributed by atoms with Crippen molar-refractivity contribution in [3.8, 4) is 0 Å². The van der Waals surface area contributed by atoms with Gasteiger partial charge in [0.25, 0.3) is 0 Å². The van der Waals surface area contributed by atoms with Gasteiger partial charge in [-0.25, -0.2) is 4.79 Å². The summed E-state index contributed by atoms with van der Waals surface area (Å²) in [5.41, 5.74) is -5.02. The first-order valence-electron chi connectivity index (χ1n) is 14.2. The molecule has 11 heteroatoms. The van der Waals surface area contributed by atoms with E-state index in [-0.39, 0.29) is 31.5 Å². The van der Waals surface area contributed by atoms with Gasteiger partial charge in [-0.1, -0.05) is 13.8 Å². The second-order valence-electron chi connectivity index (χ2n) is 14.1. The van der Waals surface area contributed by atoms with Crippen LogP contribution in [0.1, 0.15) is 66.7 Å². The Morgan fingerprint density at radius 3 is 2.35 bits per heavy atom. The molecule has 5 heterocycles. The molecule has 0 aromatic rings. The molecule has 0 amide bonds. The SMILES string of the molecule is CC1=C[C@@H]([C@H]2[C@H](C)C(=O)[C@@]3(C)CC[C@]45C[C@]67OC(=O)C[C@@]6(O)OC(C)(C)[C@@H]7C[C@H](O)[C@@H]4C(=O)[C@@](O)(O5)[C@@H]23)OC1=O. The number of hydrogen-bond donors (Lipinski definition) is 3. The highest BCUT2D eigenvalue weighted by Gasteiger charge is 2.83. The Labute approximate surface area is 231 Å². The Balaban J connectivity index is 1.38. The van der Waals surface area contributed by atoms with Gasteiger partial charge in [0.1, 0.15) is 18.3 Å². The van der Waals surface area contributed by atoms with E-state index < -0.39 is 99.7 Å². The molecular formula is C29H36O11. The second-order valence-corrected chi connectivity index (χ2v) is 14.1. The first-order chi connectivity index (χ1) is 18.4. The van der Waals surface area contributed by atoms with Gasteiger partial charge >= 0.3 is 11.9 Å². The first kappa shape index (κ1) is 26.7. The summed E-state index contributed by atoms with van der Waals surface area (Å²) in [6.45, 7) is 8.53. The van der Waals surface area contributed by atoms with Crippen molar-refractivity contribution in [1.29, 1.82) is 0 Å². The average Bonchev–Trinajstić information content (AvgIpc) is 3.42. The molecule has 0 radical (unpaired) electrons. The van der Waals surface area contributed by atoms with Gasteiger partial charge in [0, 0.05) is 41.1 Å². The van der Waals surface area contributed by atoms with Crippen LogP contribution in [0.25, 0.3) is 0 Å². The van der Waals surface area contributed by atoms with Crippen molar-refractivity contribution in [3.05, 3.63) is 11.6 Å². The molecule has 3 N–H and O–H groups in total. The topological polar surface area (TPSA) is 166 Å². The highest BCUT2D eigenvalue weighted by molar-refractivity contribution is 5.97. The lowest BCUT2D eigenvalue weighted by atomic mass is 9.62. The van der Waals surface area contributed by atoms with Gasteiger partial charge in [0.05, 0.1) is 23.2 Å². The third kappa shape index (κ3) is 2.83. The van der Waals surface area contributed by atoms with Crippen LogP contribution in [0.2, 0.25) is 0 Å². The van der Waals surface area contributed by atoms with Crippen molar-refractivity contribution >= 4 is 23.5 Å². The van der Waals surface area contributed by atoms with Gasteiger partial charge in [0.2, 0.25) is 17.4 Å². The maximum absolute atomic E-state index is 14.4. The fraction of sp³-hybridized carbons (Fsp3) is 0.793. The Hall–Kier alpha value is -2.18. The van der Waals surface area contributed by atoms with Gasteiger partial charge in [-0.3, -0.25) is 14.4 Å². The molecule has 7 aliphatic rings. The summed E-state index contributed by atoms with van der Waals surface area (Å²) in [5.74, 6) is -10.9. The minimum Gasteiger partial charge on any atom is -0.454 e. The quantitative estimate of drug-likeness (QED) is 0.387. The zero-order chi connectivity index (χ0) is 29.0. The van der Waals surface area contributed by atoms with Crippen molar-refractivity contribution < 1.29 is 53.4 Å². The lowest BCUT2D eigenvalue weighted by molar-refractivity contribution is -0.284. The van der Waals surface area contributed by atoms with E-state index in [0.29, 0.717) is 5.57 Å². The van der Waals surface area contributed by atoms with Crippen LogP contribution in [0.15, 0.2) is 11.6 Å². The van der Waals surface area contributed by atoms with Crippen molar-refractivity contribution in [2.45, 2.75) is 107 Å². The Morgan fingerprint density at radius 2 is 1.70 bits per heavy atom. The molecule has 6 fully saturated rings. The van der Waals surface area contributed by atoms with Gasteiger partial charge in [-0.05, 0) is 46.1 Å². The van der Waals surface area contributed by atoms with Crippen LogP contribution in [0.5, 0.6) is 0 Å². The molecule has 12 atom stereocenters. The van der Waals surface area contributed by atoms with E-state index >= 15 is 0 Å². The standard InChI is InChI=1S/C29H36O11/c1-12-8-15(37-23(12)34)18-13(2)21(32)25(5)6-7-26-11-27-16(24(3,4)39-28(27,35)10-17(31)38-27)9-14(30)19(26)22(33)29(36,40-26)20(18)25/h8,13-16,18-20,30,35-36H,6-7,9-11H2,1-5H3/t13-,14-,15-,16-,18+,19+,20-,25-,26-,27+,28+,29-/m0/s1. The minimum absolute atomic E-state index is 0.0386. The zero-order valence-electron chi connectivity index (χ0n) is 23.3. The number of carbonyl (C=O) groups excluding carboxylic acids is 4. The third-order valence-electron chi connectivity index (χ3n) is 11.6. The molecule has 0 unspecified atom stereocenters. The molecular weight excluding hydrogens is 524 g/mol. The van der Waals surface area contributed by atoms with Gasteiger partial charge in [-0.2, -0.15) is 0 Å². The predicted octanol–water partition coefficient (Wildman–Crippen LogP) is 0.706. The highest BCUT2D eigenvalue weighted by Crippen LogP contribution is 2.69. The summed E-state index contributed by atoms with van der Waals surface area (Å²) >= 11 is 0. The van der Waals surface area contributed by atoms with E-state index in [9.17, 15) is 34.5 Å². The Bertz CT molecular complexity index is 1300. The van der Waals surface area contributed by atoms with Crippen LogP contribution in [0.3, 0.4) is 0 Å². The molecule has 4 saturated heterocycles. The number of fused-ring (bicyclic) bond motifs is 3. The normalized spacial score (nSPS) is 56.0. The molecule has 5 aliphatic heterocycles. The van der Waals surface area contributed by atoms with Crippen molar-refractivity contribution in [3.63, 3.8) is 0 Å². The van der Waals surface area contributed by atoms with E-state index in [2.05, 4.69) is 0 Å². The van der Waals surface area contributed by atoms with Crippen LogP contribution in [0.4, 0.5) is 0 Å². The van der Waals surface area contributed by atoms with E-state index in [1.807, 2.05) is 0 Å². The fourth-order valence-corrected chi connectivity index (χ4v) is 10.1. The van der Waals surface area contributed by atoms with Crippen LogP contribution < -0.4 is 0 Å². The number of ketones is 2. The Morgan fingerprint density at radius 1 is 1.00 bits per heavy atom. The van der Waals surface area contributed by atoms with E-state index in [0.717, 1.165) is 0 Å². The number of hydrogen-bond acceptors (Lipinski definition) is 11. The van der Waals surface area contributed by atoms with Crippen molar-refractivity contribution in [1.82, 2.24) is 0 Å². The number of Topliss-reactive ketones (excluding diaryl/α,β-unsaturated/α-hetero) is 2. The Kier molecular flexibility index (Phi) is 4.95. The summed E-state index contributed by atoms with van der Waals surface area (Å²) < 4.78 is 24.1. The number of carbonyl (C=O) groups is 4. The summed E-state index contributed by atoms with van der Waals surface area (Å²) in [6, 6.07) is 0. The van der Waals surface area contributed by atoms with E-state index in [1.165, 1.54) is 0 Å². The summed E-state index contributed by atoms with van der Waals surface area (Å²) in [7, 11) is 0. The molecule has 7 rings (SSSR count). The average molecular weight is 561 g/mol. The van der Waals surface area contributed by atoms with Crippen molar-refractivity contribution in [2.24, 2.45) is 35.0 Å². The highest BCUT2D eigenvalue weighted by atomic mass is 16.7. The number of esters is 2. The van der Waals surface area contributed by atoms with Gasteiger partial charge in [-0.15, -0.1) is 0 Å². The number of ether oxygens (including phenoxy) is 4. The van der Waals surface area contributed by atoms with E-state index in [4.69, 9.17) is 18.9 Å². The number of rotatable bonds is 1. The monoisotopic (exact) mass is 560 g/mol. The molecule has 2 saturated carbocycles. The summed E-state index contributed by atoms with van der Waals surface area (Å²) in [4.78, 5) is 53.2. The molecule has 2 bridgehead atoms. The molecule has 0 aromatic heterocycles. The summed E-state index contributed by atoms with van der Waals surface area (Å²) in [6.07, 6.45) is -0.878. The smallest absolute Gasteiger partial charge is 0.334 e. The summed E-state index contributed by atoms with van der Waals surface area (Å²) in [5, 5.41) is 35.7. The fourth-order valence-electron chi connectivity index (χ4n) is 10.1. The molecule has 40 heavy (non-hydrogen) atoms. The van der Waals surface area contributed by atoms with Crippen LogP contribution in [-0.2, 0) is 38.1 Å². The molecule has 0 aromatic carbocycles. The van der Waals surface area contributed by atoms with Crippen LogP contribution in [-0.4, -0.2) is 79.4 Å². The van der Waals surface area contributed by atoms with E-state index in [1.54, 1.807) is 40.7 Å².